The molecular formula is C16H12FNO3. The van der Waals surface area contributed by atoms with Crippen molar-refractivity contribution >= 4 is 16.9 Å². The lowest BCUT2D eigenvalue weighted by Crippen LogP contribution is -2.04. The van der Waals surface area contributed by atoms with Gasteiger partial charge >= 0.3 is 5.97 Å². The van der Waals surface area contributed by atoms with E-state index < -0.39 is 11.8 Å². The second-order valence-corrected chi connectivity index (χ2v) is 4.43. The van der Waals surface area contributed by atoms with E-state index in [4.69, 9.17) is 4.74 Å². The van der Waals surface area contributed by atoms with Crippen LogP contribution in [0.15, 0.2) is 48.7 Å². The van der Waals surface area contributed by atoms with Gasteiger partial charge in [0.15, 0.2) is 0 Å². The van der Waals surface area contributed by atoms with Crippen molar-refractivity contribution in [3.63, 3.8) is 0 Å². The number of halogens is 1. The van der Waals surface area contributed by atoms with Crippen molar-refractivity contribution in [1.29, 1.82) is 0 Å². The van der Waals surface area contributed by atoms with Crippen LogP contribution < -0.4 is 4.74 Å². The molecule has 106 valence electrons. The van der Waals surface area contributed by atoms with E-state index in [2.05, 4.69) is 9.72 Å². The summed E-state index contributed by atoms with van der Waals surface area (Å²) in [5, 5.41) is 0.845. The van der Waals surface area contributed by atoms with Crippen LogP contribution in [0.5, 0.6) is 11.5 Å². The lowest BCUT2D eigenvalue weighted by Gasteiger charge is -2.11. The maximum Gasteiger partial charge on any atom is 0.341 e. The normalized spacial score (nSPS) is 10.6. The summed E-state index contributed by atoms with van der Waals surface area (Å²) in [6.07, 6.45) is 1.78. The Morgan fingerprint density at radius 1 is 1.14 bits per heavy atom. The van der Waals surface area contributed by atoms with Crippen LogP contribution in [0.1, 0.15) is 10.4 Å². The summed E-state index contributed by atoms with van der Waals surface area (Å²) in [7, 11) is 1.27. The van der Waals surface area contributed by atoms with Crippen molar-refractivity contribution < 1.29 is 18.7 Å². The first kappa shape index (κ1) is 13.2. The number of carbonyl (C=O) groups excluding carboxylic acids is 1. The number of nitrogens with one attached hydrogen (secondary N) is 1. The van der Waals surface area contributed by atoms with E-state index in [0.717, 1.165) is 17.0 Å². The monoisotopic (exact) mass is 285 g/mol. The van der Waals surface area contributed by atoms with Gasteiger partial charge in [0, 0.05) is 23.2 Å². The average Bonchev–Trinajstić information content (AvgIpc) is 2.96. The van der Waals surface area contributed by atoms with Crippen molar-refractivity contribution in [2.45, 2.75) is 0 Å². The molecule has 0 atom stereocenters. The summed E-state index contributed by atoms with van der Waals surface area (Å²) < 4.78 is 23.8. The summed E-state index contributed by atoms with van der Waals surface area (Å²) in [5.74, 6) is -0.412. The van der Waals surface area contributed by atoms with Gasteiger partial charge in [-0.1, -0.05) is 6.07 Å². The van der Waals surface area contributed by atoms with Crippen LogP contribution >= 0.6 is 0 Å². The molecule has 0 bridgehead atoms. The highest BCUT2D eigenvalue weighted by Crippen LogP contribution is 2.32. The zero-order valence-electron chi connectivity index (χ0n) is 11.2. The minimum Gasteiger partial charge on any atom is -0.465 e. The molecule has 1 heterocycles. The lowest BCUT2D eigenvalue weighted by atomic mass is 10.2. The Morgan fingerprint density at radius 2 is 2.00 bits per heavy atom. The van der Waals surface area contributed by atoms with Crippen LogP contribution in [0.25, 0.3) is 10.9 Å². The summed E-state index contributed by atoms with van der Waals surface area (Å²) >= 11 is 0. The van der Waals surface area contributed by atoms with E-state index in [0.29, 0.717) is 5.75 Å². The average molecular weight is 285 g/mol. The van der Waals surface area contributed by atoms with Gasteiger partial charge in [0.1, 0.15) is 22.9 Å². The molecular weight excluding hydrogens is 273 g/mol. The third-order valence-electron chi connectivity index (χ3n) is 3.12. The standard InChI is InChI=1S/C16H12FNO3/c1-20-16(19)12-6-5-10(17)9-15(12)21-14-4-2-3-13-11(14)7-8-18-13/h2-9,18H,1H3. The van der Waals surface area contributed by atoms with E-state index >= 15 is 0 Å². The zero-order chi connectivity index (χ0) is 14.8. The molecule has 0 fully saturated rings. The van der Waals surface area contributed by atoms with Crippen LogP contribution in [0.2, 0.25) is 0 Å². The predicted molar refractivity (Wildman–Crippen MR) is 76.1 cm³/mol. The maximum absolute atomic E-state index is 13.4. The van der Waals surface area contributed by atoms with Crippen molar-refractivity contribution in [3.05, 3.63) is 60.0 Å². The smallest absolute Gasteiger partial charge is 0.341 e. The van der Waals surface area contributed by atoms with E-state index in [1.165, 1.54) is 19.2 Å². The number of hydrogen-bond acceptors (Lipinski definition) is 3. The Balaban J connectivity index is 2.07. The summed E-state index contributed by atoms with van der Waals surface area (Å²) in [6, 6.07) is 11.0. The molecule has 3 aromatic rings. The number of rotatable bonds is 3. The van der Waals surface area contributed by atoms with E-state index in [9.17, 15) is 9.18 Å². The van der Waals surface area contributed by atoms with Crippen LogP contribution in [0.4, 0.5) is 4.39 Å². The van der Waals surface area contributed by atoms with Gasteiger partial charge in [-0.2, -0.15) is 0 Å². The van der Waals surface area contributed by atoms with Crippen molar-refractivity contribution in [2.75, 3.05) is 7.11 Å². The molecule has 0 radical (unpaired) electrons. The number of hydrogen-bond donors (Lipinski definition) is 1. The van der Waals surface area contributed by atoms with Gasteiger partial charge in [-0.25, -0.2) is 9.18 Å². The van der Waals surface area contributed by atoms with Gasteiger partial charge in [0.25, 0.3) is 0 Å². The lowest BCUT2D eigenvalue weighted by molar-refractivity contribution is 0.0598. The third-order valence-corrected chi connectivity index (χ3v) is 3.12. The van der Waals surface area contributed by atoms with E-state index in [1.54, 1.807) is 12.3 Å². The Hall–Kier alpha value is -2.82. The third kappa shape index (κ3) is 2.45. The molecule has 2 aromatic carbocycles. The summed E-state index contributed by atoms with van der Waals surface area (Å²) in [4.78, 5) is 14.8. The maximum atomic E-state index is 13.4. The van der Waals surface area contributed by atoms with Crippen molar-refractivity contribution in [1.82, 2.24) is 4.98 Å². The number of fused-ring (bicyclic) bond motifs is 1. The molecule has 0 aliphatic heterocycles. The number of methoxy groups -OCH3 is 1. The molecule has 4 nitrogen and oxygen atoms in total. The molecule has 1 N–H and O–H groups in total. The van der Waals surface area contributed by atoms with Gasteiger partial charge in [-0.15, -0.1) is 0 Å². The van der Waals surface area contributed by atoms with Crippen LogP contribution in [0, 0.1) is 5.82 Å². The molecule has 0 aliphatic carbocycles. The molecule has 0 unspecified atom stereocenters. The largest absolute Gasteiger partial charge is 0.465 e. The first-order valence-electron chi connectivity index (χ1n) is 6.31. The van der Waals surface area contributed by atoms with Crippen LogP contribution in [0.3, 0.4) is 0 Å². The quantitative estimate of drug-likeness (QED) is 0.743. The molecule has 1 aromatic heterocycles. The first-order chi connectivity index (χ1) is 10.2. The number of H-pyrrole nitrogens is 1. The SMILES string of the molecule is COC(=O)c1ccc(F)cc1Oc1cccc2[nH]ccc12. The number of benzene rings is 2. The topological polar surface area (TPSA) is 51.3 Å². The number of ether oxygens (including phenoxy) is 2. The molecule has 0 amide bonds. The Bertz CT molecular complexity index is 810. The highest BCUT2D eigenvalue weighted by atomic mass is 19.1. The summed E-state index contributed by atoms with van der Waals surface area (Å²) in [5.41, 5.74) is 1.06. The Morgan fingerprint density at radius 3 is 2.81 bits per heavy atom. The zero-order valence-corrected chi connectivity index (χ0v) is 11.2. The van der Waals surface area contributed by atoms with Gasteiger partial charge in [-0.3, -0.25) is 0 Å². The van der Waals surface area contributed by atoms with Crippen molar-refractivity contribution in [2.24, 2.45) is 0 Å². The Labute approximate surface area is 120 Å². The minimum atomic E-state index is -0.578. The second-order valence-electron chi connectivity index (χ2n) is 4.43. The van der Waals surface area contributed by atoms with Crippen LogP contribution in [-0.2, 0) is 4.74 Å². The number of esters is 1. The van der Waals surface area contributed by atoms with E-state index in [1.807, 2.05) is 18.2 Å². The second kappa shape index (κ2) is 5.28. The number of carbonyl (C=O) groups is 1. The van der Waals surface area contributed by atoms with Crippen molar-refractivity contribution in [3.8, 4) is 11.5 Å². The Kier molecular flexibility index (Phi) is 3.31. The summed E-state index contributed by atoms with van der Waals surface area (Å²) in [6.45, 7) is 0. The van der Waals surface area contributed by atoms with Gasteiger partial charge < -0.3 is 14.5 Å². The molecule has 3 rings (SSSR count). The molecule has 0 saturated carbocycles. The highest BCUT2D eigenvalue weighted by Gasteiger charge is 2.15. The molecule has 0 saturated heterocycles. The number of aromatic amines is 1. The molecule has 0 aliphatic rings. The molecule has 21 heavy (non-hydrogen) atoms. The fourth-order valence-electron chi connectivity index (χ4n) is 2.12. The highest BCUT2D eigenvalue weighted by molar-refractivity contribution is 5.93. The number of aromatic nitrogens is 1. The van der Waals surface area contributed by atoms with Gasteiger partial charge in [0.2, 0.25) is 0 Å². The fraction of sp³-hybridized carbons (Fsp3) is 0.0625. The predicted octanol–water partition coefficient (Wildman–Crippen LogP) is 3.89. The molecule has 5 heteroatoms. The minimum absolute atomic E-state index is 0.121. The van der Waals surface area contributed by atoms with Gasteiger partial charge in [0.05, 0.1) is 7.11 Å². The fourth-order valence-corrected chi connectivity index (χ4v) is 2.12. The van der Waals surface area contributed by atoms with E-state index in [-0.39, 0.29) is 11.3 Å². The van der Waals surface area contributed by atoms with Gasteiger partial charge in [-0.05, 0) is 30.3 Å². The molecule has 0 spiro atoms. The van der Waals surface area contributed by atoms with Crippen LogP contribution in [-0.4, -0.2) is 18.1 Å². The first-order valence-corrected chi connectivity index (χ1v) is 6.31.